The molecular weight excluding hydrogens is 242 g/mol. The number of aryl methyl sites for hydroxylation is 2. The summed E-state index contributed by atoms with van der Waals surface area (Å²) in [4.78, 5) is 11.6. The van der Waals surface area contributed by atoms with Gasteiger partial charge in [0.15, 0.2) is 0 Å². The Bertz CT molecular complexity index is 581. The predicted molar refractivity (Wildman–Crippen MR) is 72.0 cm³/mol. The molecule has 6 nitrogen and oxygen atoms in total. The molecule has 0 atom stereocenters. The second-order valence-electron chi connectivity index (χ2n) is 4.13. The lowest BCUT2D eigenvalue weighted by Crippen LogP contribution is -2.21. The summed E-state index contributed by atoms with van der Waals surface area (Å²) in [5.74, 6) is -0.134. The van der Waals surface area contributed by atoms with Gasteiger partial charge in [0.2, 0.25) is 5.91 Å². The number of rotatable bonds is 5. The molecule has 1 amide bonds. The van der Waals surface area contributed by atoms with E-state index in [-0.39, 0.29) is 5.91 Å². The Morgan fingerprint density at radius 1 is 1.47 bits per heavy atom. The normalized spacial score (nSPS) is 11.1. The SMILES string of the molecule is CCn1cc(/C=C/C(=O)NCc2ccnn2C)cn1. The van der Waals surface area contributed by atoms with Crippen LogP contribution in [0.15, 0.2) is 30.7 Å². The minimum Gasteiger partial charge on any atom is -0.347 e. The Morgan fingerprint density at radius 3 is 2.95 bits per heavy atom. The van der Waals surface area contributed by atoms with Crippen molar-refractivity contribution in [1.82, 2.24) is 24.9 Å². The molecule has 0 fully saturated rings. The maximum Gasteiger partial charge on any atom is 0.244 e. The number of nitrogens with one attached hydrogen (secondary N) is 1. The van der Waals surface area contributed by atoms with Crippen molar-refractivity contribution in [2.75, 3.05) is 0 Å². The monoisotopic (exact) mass is 259 g/mol. The van der Waals surface area contributed by atoms with Crippen LogP contribution in [0.25, 0.3) is 6.08 Å². The maximum atomic E-state index is 11.6. The Balaban J connectivity index is 1.85. The van der Waals surface area contributed by atoms with Crippen LogP contribution in [-0.2, 0) is 24.9 Å². The first-order chi connectivity index (χ1) is 9.19. The van der Waals surface area contributed by atoms with Crippen LogP contribution in [-0.4, -0.2) is 25.5 Å². The van der Waals surface area contributed by atoms with Crippen LogP contribution in [0.2, 0.25) is 0 Å². The molecule has 19 heavy (non-hydrogen) atoms. The molecule has 2 aromatic heterocycles. The van der Waals surface area contributed by atoms with Crippen LogP contribution in [0.3, 0.4) is 0 Å². The summed E-state index contributed by atoms with van der Waals surface area (Å²) in [6, 6.07) is 1.87. The maximum absolute atomic E-state index is 11.6. The van der Waals surface area contributed by atoms with E-state index in [1.54, 1.807) is 23.2 Å². The molecule has 6 heteroatoms. The number of nitrogens with zero attached hydrogens (tertiary/aromatic N) is 4. The van der Waals surface area contributed by atoms with Crippen LogP contribution < -0.4 is 5.32 Å². The molecular formula is C13H17N5O. The molecule has 0 spiro atoms. The fraction of sp³-hybridized carbons (Fsp3) is 0.308. The van der Waals surface area contributed by atoms with Crippen molar-refractivity contribution in [3.8, 4) is 0 Å². The Morgan fingerprint density at radius 2 is 2.32 bits per heavy atom. The average molecular weight is 259 g/mol. The predicted octanol–water partition coefficient (Wildman–Crippen LogP) is 0.966. The van der Waals surface area contributed by atoms with E-state index in [1.807, 2.05) is 30.9 Å². The van der Waals surface area contributed by atoms with Crippen LogP contribution in [0.4, 0.5) is 0 Å². The number of hydrogen-bond acceptors (Lipinski definition) is 3. The molecule has 0 saturated heterocycles. The van der Waals surface area contributed by atoms with E-state index in [1.165, 1.54) is 6.08 Å². The summed E-state index contributed by atoms with van der Waals surface area (Å²) >= 11 is 0. The highest BCUT2D eigenvalue weighted by molar-refractivity contribution is 5.91. The van der Waals surface area contributed by atoms with Gasteiger partial charge in [-0.05, 0) is 19.1 Å². The summed E-state index contributed by atoms with van der Waals surface area (Å²) in [5, 5.41) is 11.0. The molecule has 2 rings (SSSR count). The van der Waals surface area contributed by atoms with Gasteiger partial charge in [0, 0.05) is 37.6 Å². The Hall–Kier alpha value is -2.37. The first-order valence-electron chi connectivity index (χ1n) is 6.14. The van der Waals surface area contributed by atoms with Crippen LogP contribution in [0, 0.1) is 0 Å². The van der Waals surface area contributed by atoms with Gasteiger partial charge in [-0.1, -0.05) is 0 Å². The minimum atomic E-state index is -0.134. The van der Waals surface area contributed by atoms with Crippen LogP contribution in [0.1, 0.15) is 18.2 Å². The highest BCUT2D eigenvalue weighted by atomic mass is 16.1. The van der Waals surface area contributed by atoms with Gasteiger partial charge in [-0.25, -0.2) is 0 Å². The summed E-state index contributed by atoms with van der Waals surface area (Å²) < 4.78 is 3.54. The number of hydrogen-bond donors (Lipinski definition) is 1. The number of carbonyl (C=O) groups is 1. The lowest BCUT2D eigenvalue weighted by atomic mass is 10.3. The van der Waals surface area contributed by atoms with Crippen LogP contribution >= 0.6 is 0 Å². The second-order valence-corrected chi connectivity index (χ2v) is 4.13. The fourth-order valence-corrected chi connectivity index (χ4v) is 1.62. The molecule has 0 bridgehead atoms. The molecule has 0 unspecified atom stereocenters. The largest absolute Gasteiger partial charge is 0.347 e. The van der Waals surface area contributed by atoms with Gasteiger partial charge in [-0.2, -0.15) is 10.2 Å². The van der Waals surface area contributed by atoms with Crippen molar-refractivity contribution in [3.05, 3.63) is 42.0 Å². The van der Waals surface area contributed by atoms with Crippen molar-refractivity contribution >= 4 is 12.0 Å². The Kier molecular flexibility index (Phi) is 4.12. The lowest BCUT2D eigenvalue weighted by Gasteiger charge is -2.02. The number of aromatic nitrogens is 4. The first-order valence-corrected chi connectivity index (χ1v) is 6.14. The molecule has 0 aliphatic rings. The molecule has 1 N–H and O–H groups in total. The Labute approximate surface area is 111 Å². The molecule has 2 aromatic rings. The van der Waals surface area contributed by atoms with E-state index in [0.717, 1.165) is 17.8 Å². The zero-order chi connectivity index (χ0) is 13.7. The third-order valence-electron chi connectivity index (χ3n) is 2.77. The zero-order valence-corrected chi connectivity index (χ0v) is 11.1. The van der Waals surface area contributed by atoms with Gasteiger partial charge in [0.1, 0.15) is 0 Å². The smallest absolute Gasteiger partial charge is 0.244 e. The van der Waals surface area contributed by atoms with Gasteiger partial charge < -0.3 is 5.32 Å². The van der Waals surface area contributed by atoms with Gasteiger partial charge in [-0.15, -0.1) is 0 Å². The number of amides is 1. The van der Waals surface area contributed by atoms with Crippen LogP contribution in [0.5, 0.6) is 0 Å². The van der Waals surface area contributed by atoms with E-state index in [0.29, 0.717) is 6.54 Å². The quantitative estimate of drug-likeness (QED) is 0.814. The summed E-state index contributed by atoms with van der Waals surface area (Å²) in [6.45, 7) is 3.30. The van der Waals surface area contributed by atoms with Crippen molar-refractivity contribution < 1.29 is 4.79 Å². The van der Waals surface area contributed by atoms with E-state index in [9.17, 15) is 4.79 Å². The molecule has 0 aliphatic heterocycles. The lowest BCUT2D eigenvalue weighted by molar-refractivity contribution is -0.116. The fourth-order valence-electron chi connectivity index (χ4n) is 1.62. The van der Waals surface area contributed by atoms with Crippen molar-refractivity contribution in [3.63, 3.8) is 0 Å². The third kappa shape index (κ3) is 3.54. The van der Waals surface area contributed by atoms with E-state index in [2.05, 4.69) is 15.5 Å². The first kappa shape index (κ1) is 13.1. The summed E-state index contributed by atoms with van der Waals surface area (Å²) in [5.41, 5.74) is 1.87. The molecule has 0 saturated carbocycles. The van der Waals surface area contributed by atoms with Crippen molar-refractivity contribution in [1.29, 1.82) is 0 Å². The molecule has 0 aliphatic carbocycles. The third-order valence-corrected chi connectivity index (χ3v) is 2.77. The number of carbonyl (C=O) groups excluding carboxylic acids is 1. The van der Waals surface area contributed by atoms with Gasteiger partial charge in [0.25, 0.3) is 0 Å². The molecule has 0 aromatic carbocycles. The standard InChI is InChI=1S/C13H17N5O/c1-3-18-10-11(8-16-18)4-5-13(19)14-9-12-6-7-15-17(12)2/h4-8,10H,3,9H2,1-2H3,(H,14,19)/b5-4+. The van der Waals surface area contributed by atoms with E-state index >= 15 is 0 Å². The van der Waals surface area contributed by atoms with Gasteiger partial charge in [-0.3, -0.25) is 14.2 Å². The van der Waals surface area contributed by atoms with Gasteiger partial charge >= 0.3 is 0 Å². The van der Waals surface area contributed by atoms with Gasteiger partial charge in [0.05, 0.1) is 18.4 Å². The molecule has 0 radical (unpaired) electrons. The zero-order valence-electron chi connectivity index (χ0n) is 11.1. The summed E-state index contributed by atoms with van der Waals surface area (Å²) in [7, 11) is 1.84. The van der Waals surface area contributed by atoms with Crippen molar-refractivity contribution in [2.24, 2.45) is 7.05 Å². The van der Waals surface area contributed by atoms with Crippen molar-refractivity contribution in [2.45, 2.75) is 20.0 Å². The molecule has 2 heterocycles. The van der Waals surface area contributed by atoms with E-state index < -0.39 is 0 Å². The highest BCUT2D eigenvalue weighted by Gasteiger charge is 2.00. The summed E-state index contributed by atoms with van der Waals surface area (Å²) in [6.07, 6.45) is 8.58. The minimum absolute atomic E-state index is 0.134. The topological polar surface area (TPSA) is 64.7 Å². The van der Waals surface area contributed by atoms with E-state index in [4.69, 9.17) is 0 Å². The average Bonchev–Trinajstić information content (AvgIpc) is 3.02. The highest BCUT2D eigenvalue weighted by Crippen LogP contribution is 2.00. The molecule has 100 valence electrons. The second kappa shape index (κ2) is 5.99.